The molecule has 0 saturated carbocycles. The Bertz CT molecular complexity index is 1020. The molecule has 1 aliphatic heterocycles. The maximum Gasteiger partial charge on any atom is 0.265 e. The van der Waals surface area contributed by atoms with Gasteiger partial charge in [-0.15, -0.1) is 0 Å². The number of hydrogen-bond acceptors (Lipinski definition) is 3. The van der Waals surface area contributed by atoms with Crippen molar-refractivity contribution in [2.75, 3.05) is 17.5 Å². The third-order valence-electron chi connectivity index (χ3n) is 4.23. The van der Waals surface area contributed by atoms with Crippen LogP contribution in [0.25, 0.3) is 10.8 Å². The van der Waals surface area contributed by atoms with Gasteiger partial charge in [-0.3, -0.25) is 4.31 Å². The summed E-state index contributed by atoms with van der Waals surface area (Å²) < 4.78 is 32.8. The van der Waals surface area contributed by atoms with Crippen LogP contribution in [0.2, 0.25) is 0 Å². The summed E-state index contributed by atoms with van der Waals surface area (Å²) in [5.74, 6) is 0.752. The number of benzene rings is 3. The van der Waals surface area contributed by atoms with Gasteiger partial charge >= 0.3 is 0 Å². The van der Waals surface area contributed by atoms with Gasteiger partial charge in [0, 0.05) is 5.39 Å². The minimum absolute atomic E-state index is 0.282. The number of rotatable bonds is 4. The van der Waals surface area contributed by atoms with E-state index in [-0.39, 0.29) is 6.54 Å². The SMILES string of the molecule is Cc1cccc(OCCN2c3cccc4cccc(c34)S2(=O)=O)c1. The second-order valence-electron chi connectivity index (χ2n) is 5.87. The fraction of sp³-hybridized carbons (Fsp3) is 0.158. The number of nitrogens with zero attached hydrogens (tertiary/aromatic N) is 1. The molecule has 1 aliphatic rings. The highest BCUT2D eigenvalue weighted by Gasteiger charge is 2.35. The normalized spacial score (nSPS) is 15.0. The number of sulfonamides is 1. The van der Waals surface area contributed by atoms with Gasteiger partial charge in [0.15, 0.2) is 0 Å². The van der Waals surface area contributed by atoms with Gasteiger partial charge in [0.05, 0.1) is 17.1 Å². The quantitative estimate of drug-likeness (QED) is 0.727. The summed E-state index contributed by atoms with van der Waals surface area (Å²) in [5.41, 5.74) is 1.84. The molecule has 0 saturated heterocycles. The van der Waals surface area contributed by atoms with Gasteiger partial charge in [-0.25, -0.2) is 8.42 Å². The molecule has 3 aromatic carbocycles. The van der Waals surface area contributed by atoms with Gasteiger partial charge < -0.3 is 4.74 Å². The molecular formula is C19H17NO3S. The number of aryl methyl sites for hydroxylation is 1. The van der Waals surface area contributed by atoms with E-state index in [1.54, 1.807) is 12.1 Å². The van der Waals surface area contributed by atoms with Crippen LogP contribution in [0.3, 0.4) is 0 Å². The maximum absolute atomic E-state index is 12.8. The van der Waals surface area contributed by atoms with Crippen molar-refractivity contribution in [1.29, 1.82) is 0 Å². The van der Waals surface area contributed by atoms with Gasteiger partial charge in [0.1, 0.15) is 12.4 Å². The van der Waals surface area contributed by atoms with Gasteiger partial charge in [-0.2, -0.15) is 0 Å². The number of ether oxygens (including phenoxy) is 1. The predicted octanol–water partition coefficient (Wildman–Crippen LogP) is 3.74. The van der Waals surface area contributed by atoms with E-state index in [1.807, 2.05) is 55.5 Å². The fourth-order valence-electron chi connectivity index (χ4n) is 3.15. The predicted molar refractivity (Wildman–Crippen MR) is 95.2 cm³/mol. The lowest BCUT2D eigenvalue weighted by Gasteiger charge is -2.19. The number of anilines is 1. The summed E-state index contributed by atoms with van der Waals surface area (Å²) >= 11 is 0. The molecule has 3 aromatic rings. The Morgan fingerprint density at radius 1 is 1.00 bits per heavy atom. The van der Waals surface area contributed by atoms with Crippen molar-refractivity contribution >= 4 is 26.5 Å². The smallest absolute Gasteiger partial charge is 0.265 e. The molecule has 4 nitrogen and oxygen atoms in total. The first-order valence-electron chi connectivity index (χ1n) is 7.81. The monoisotopic (exact) mass is 339 g/mol. The molecule has 0 amide bonds. The molecular weight excluding hydrogens is 322 g/mol. The van der Waals surface area contributed by atoms with Crippen LogP contribution < -0.4 is 9.04 Å². The van der Waals surface area contributed by atoms with Crippen LogP contribution in [0.5, 0.6) is 5.75 Å². The van der Waals surface area contributed by atoms with Crippen LogP contribution in [0.1, 0.15) is 5.56 Å². The van der Waals surface area contributed by atoms with Crippen molar-refractivity contribution in [3.8, 4) is 5.75 Å². The van der Waals surface area contributed by atoms with Crippen LogP contribution in [0.4, 0.5) is 5.69 Å². The summed E-state index contributed by atoms with van der Waals surface area (Å²) in [6, 6.07) is 18.8. The standard InChI is InChI=1S/C19H17NO3S/c1-14-5-2-8-16(13-14)23-12-11-20-17-9-3-6-15-7-4-10-18(19(15)17)24(20,21)22/h2-10,13H,11-12H2,1H3. The Hall–Kier alpha value is -2.53. The summed E-state index contributed by atoms with van der Waals surface area (Å²) in [6.07, 6.45) is 0. The van der Waals surface area contributed by atoms with E-state index in [9.17, 15) is 8.42 Å². The molecule has 0 aromatic heterocycles. The van der Waals surface area contributed by atoms with Crippen molar-refractivity contribution in [3.05, 3.63) is 66.2 Å². The van der Waals surface area contributed by atoms with Crippen LogP contribution in [-0.4, -0.2) is 21.6 Å². The van der Waals surface area contributed by atoms with E-state index in [2.05, 4.69) is 0 Å². The zero-order chi connectivity index (χ0) is 16.7. The van der Waals surface area contributed by atoms with Gasteiger partial charge in [-0.05, 0) is 42.1 Å². The van der Waals surface area contributed by atoms with Crippen molar-refractivity contribution in [2.45, 2.75) is 11.8 Å². The Balaban J connectivity index is 1.62. The Morgan fingerprint density at radius 2 is 1.75 bits per heavy atom. The molecule has 0 unspecified atom stereocenters. The minimum atomic E-state index is -3.51. The molecule has 5 heteroatoms. The summed E-state index contributed by atoms with van der Waals surface area (Å²) in [6.45, 7) is 2.58. The summed E-state index contributed by atoms with van der Waals surface area (Å²) in [7, 11) is -3.51. The van der Waals surface area contributed by atoms with Crippen molar-refractivity contribution in [1.82, 2.24) is 0 Å². The van der Waals surface area contributed by atoms with Gasteiger partial charge in [0.25, 0.3) is 10.0 Å². The zero-order valence-electron chi connectivity index (χ0n) is 13.3. The molecule has 0 radical (unpaired) electrons. The van der Waals surface area contributed by atoms with Crippen LogP contribution in [0.15, 0.2) is 65.6 Å². The van der Waals surface area contributed by atoms with E-state index in [0.29, 0.717) is 11.5 Å². The highest BCUT2D eigenvalue weighted by atomic mass is 32.2. The Morgan fingerprint density at radius 3 is 2.54 bits per heavy atom. The molecule has 122 valence electrons. The second-order valence-corrected chi connectivity index (χ2v) is 7.70. The summed E-state index contributed by atoms with van der Waals surface area (Å²) in [4.78, 5) is 0.381. The van der Waals surface area contributed by atoms with Gasteiger partial charge in [-0.1, -0.05) is 36.4 Å². The molecule has 0 spiro atoms. The maximum atomic E-state index is 12.8. The first-order chi connectivity index (χ1) is 11.6. The second kappa shape index (κ2) is 5.53. The third kappa shape index (κ3) is 2.32. The summed E-state index contributed by atoms with van der Waals surface area (Å²) in [5, 5.41) is 1.74. The van der Waals surface area contributed by atoms with E-state index in [0.717, 1.165) is 27.8 Å². The molecule has 4 rings (SSSR count). The number of hydrogen-bond donors (Lipinski definition) is 0. The molecule has 0 atom stereocenters. The highest BCUT2D eigenvalue weighted by molar-refractivity contribution is 7.93. The molecule has 24 heavy (non-hydrogen) atoms. The molecule has 0 N–H and O–H groups in total. The van der Waals surface area contributed by atoms with E-state index in [1.165, 1.54) is 4.31 Å². The first kappa shape index (κ1) is 15.0. The highest BCUT2D eigenvalue weighted by Crippen LogP contribution is 2.41. The average molecular weight is 339 g/mol. The van der Waals surface area contributed by atoms with E-state index in [4.69, 9.17) is 4.74 Å². The van der Waals surface area contributed by atoms with Crippen LogP contribution in [0, 0.1) is 6.92 Å². The van der Waals surface area contributed by atoms with Crippen molar-refractivity contribution in [2.24, 2.45) is 0 Å². The van der Waals surface area contributed by atoms with E-state index < -0.39 is 10.0 Å². The largest absolute Gasteiger partial charge is 0.492 e. The zero-order valence-corrected chi connectivity index (χ0v) is 14.1. The molecule has 1 heterocycles. The lowest BCUT2D eigenvalue weighted by atomic mass is 10.1. The van der Waals surface area contributed by atoms with Crippen molar-refractivity contribution < 1.29 is 13.2 Å². The molecule has 0 aliphatic carbocycles. The minimum Gasteiger partial charge on any atom is -0.492 e. The van der Waals surface area contributed by atoms with Crippen LogP contribution in [-0.2, 0) is 10.0 Å². The first-order valence-corrected chi connectivity index (χ1v) is 9.25. The van der Waals surface area contributed by atoms with Crippen LogP contribution >= 0.6 is 0 Å². The van der Waals surface area contributed by atoms with E-state index >= 15 is 0 Å². The average Bonchev–Trinajstić information content (AvgIpc) is 2.78. The molecule has 0 bridgehead atoms. The third-order valence-corrected chi connectivity index (χ3v) is 6.09. The fourth-order valence-corrected chi connectivity index (χ4v) is 4.84. The van der Waals surface area contributed by atoms with Gasteiger partial charge in [0.2, 0.25) is 0 Å². The topological polar surface area (TPSA) is 46.6 Å². The Labute approximate surface area is 141 Å². The lowest BCUT2D eigenvalue weighted by molar-refractivity contribution is 0.328. The molecule has 0 fully saturated rings. The Kier molecular flexibility index (Phi) is 3.46. The van der Waals surface area contributed by atoms with Crippen molar-refractivity contribution in [3.63, 3.8) is 0 Å². The lowest BCUT2D eigenvalue weighted by Crippen LogP contribution is -2.31.